The fourth-order valence-corrected chi connectivity index (χ4v) is 3.42. The summed E-state index contributed by atoms with van der Waals surface area (Å²) in [6, 6.07) is 3.51. The van der Waals surface area contributed by atoms with Crippen LogP contribution in [-0.4, -0.2) is 69.9 Å². The van der Waals surface area contributed by atoms with Crippen LogP contribution in [0.3, 0.4) is 0 Å². The SMILES string of the molecule is CC(C)CC(NC(=O)C(N)CC(N)=O)C(=O)NC(Cc1ccccc1)C(=O)NC(CCC(=O)O)C(=O)O. The highest BCUT2D eigenvalue weighted by atomic mass is 16.4. The third-order valence-electron chi connectivity index (χ3n) is 5.28. The van der Waals surface area contributed by atoms with Gasteiger partial charge in [0.25, 0.3) is 0 Å². The molecule has 0 saturated heterocycles. The molecule has 204 valence electrons. The summed E-state index contributed by atoms with van der Waals surface area (Å²) in [6.07, 6.45) is -1.09. The second-order valence-corrected chi connectivity index (χ2v) is 9.05. The van der Waals surface area contributed by atoms with Gasteiger partial charge in [-0.2, -0.15) is 0 Å². The number of hydrogen-bond acceptors (Lipinski definition) is 7. The minimum absolute atomic E-state index is 0.00673. The number of amides is 4. The summed E-state index contributed by atoms with van der Waals surface area (Å²) in [5.74, 6) is -5.83. The molecule has 0 fully saturated rings. The lowest BCUT2D eigenvalue weighted by Gasteiger charge is -2.26. The third-order valence-corrected chi connectivity index (χ3v) is 5.28. The van der Waals surface area contributed by atoms with Crippen LogP contribution in [0.4, 0.5) is 0 Å². The minimum atomic E-state index is -1.49. The van der Waals surface area contributed by atoms with Crippen molar-refractivity contribution in [3.8, 4) is 0 Å². The van der Waals surface area contributed by atoms with Crippen LogP contribution in [0.1, 0.15) is 45.1 Å². The van der Waals surface area contributed by atoms with Crippen LogP contribution in [0, 0.1) is 5.92 Å². The fraction of sp³-hybridized carbons (Fsp3) is 0.500. The number of hydrogen-bond donors (Lipinski definition) is 7. The van der Waals surface area contributed by atoms with Crippen LogP contribution in [0.2, 0.25) is 0 Å². The van der Waals surface area contributed by atoms with Gasteiger partial charge in [-0.3, -0.25) is 24.0 Å². The van der Waals surface area contributed by atoms with Gasteiger partial charge >= 0.3 is 11.9 Å². The van der Waals surface area contributed by atoms with E-state index >= 15 is 0 Å². The molecule has 1 rings (SSSR count). The highest BCUT2D eigenvalue weighted by molar-refractivity contribution is 5.95. The first-order valence-corrected chi connectivity index (χ1v) is 11.7. The van der Waals surface area contributed by atoms with Crippen LogP contribution in [0.15, 0.2) is 30.3 Å². The van der Waals surface area contributed by atoms with Crippen LogP contribution in [0.25, 0.3) is 0 Å². The topological polar surface area (TPSA) is 231 Å². The molecule has 4 atom stereocenters. The summed E-state index contributed by atoms with van der Waals surface area (Å²) in [5, 5.41) is 25.6. The van der Waals surface area contributed by atoms with Gasteiger partial charge in [0, 0.05) is 12.8 Å². The second kappa shape index (κ2) is 15.2. The Bertz CT molecular complexity index is 969. The van der Waals surface area contributed by atoms with Crippen LogP contribution < -0.4 is 27.4 Å². The lowest BCUT2D eigenvalue weighted by molar-refractivity contribution is -0.143. The summed E-state index contributed by atoms with van der Waals surface area (Å²) in [7, 11) is 0. The van der Waals surface area contributed by atoms with Gasteiger partial charge in [0.2, 0.25) is 23.6 Å². The summed E-state index contributed by atoms with van der Waals surface area (Å²) >= 11 is 0. The normalized spacial score (nSPS) is 14.1. The molecule has 0 radical (unpaired) electrons. The number of carboxylic acids is 2. The highest BCUT2D eigenvalue weighted by Gasteiger charge is 2.31. The van der Waals surface area contributed by atoms with Gasteiger partial charge in [-0.25, -0.2) is 4.79 Å². The van der Waals surface area contributed by atoms with E-state index in [-0.39, 0.29) is 25.2 Å². The summed E-state index contributed by atoms with van der Waals surface area (Å²) in [4.78, 5) is 72.1. The Morgan fingerprint density at radius 1 is 0.838 bits per heavy atom. The second-order valence-electron chi connectivity index (χ2n) is 9.05. The van der Waals surface area contributed by atoms with E-state index in [1.165, 1.54) is 0 Å². The van der Waals surface area contributed by atoms with Gasteiger partial charge in [-0.15, -0.1) is 0 Å². The van der Waals surface area contributed by atoms with Gasteiger partial charge in [0.05, 0.1) is 12.5 Å². The molecule has 0 aliphatic heterocycles. The first-order valence-electron chi connectivity index (χ1n) is 11.7. The van der Waals surface area contributed by atoms with E-state index in [1.54, 1.807) is 30.3 Å². The maximum Gasteiger partial charge on any atom is 0.326 e. The van der Waals surface area contributed by atoms with Crippen molar-refractivity contribution in [1.82, 2.24) is 16.0 Å². The molecule has 0 saturated carbocycles. The van der Waals surface area contributed by atoms with E-state index in [9.17, 15) is 33.9 Å². The van der Waals surface area contributed by atoms with Crippen molar-refractivity contribution in [3.05, 3.63) is 35.9 Å². The van der Waals surface area contributed by atoms with Crippen molar-refractivity contribution >= 4 is 35.6 Å². The number of carbonyl (C=O) groups excluding carboxylic acids is 4. The predicted molar refractivity (Wildman–Crippen MR) is 132 cm³/mol. The standard InChI is InChI=1S/C24H35N5O8/c1-13(2)10-17(28-21(33)15(25)12-19(26)30)22(34)29-18(11-14-6-4-3-5-7-14)23(35)27-16(24(36)37)8-9-20(31)32/h3-7,13,15-18H,8-12,25H2,1-2H3,(H2,26,30)(H,27,35)(H,28,33)(H,29,34)(H,31,32)(H,36,37). The van der Waals surface area contributed by atoms with Gasteiger partial charge in [-0.1, -0.05) is 44.2 Å². The predicted octanol–water partition coefficient (Wildman–Crippen LogP) is -1.12. The first kappa shape index (κ1) is 31.0. The number of nitrogens with one attached hydrogen (secondary N) is 3. The minimum Gasteiger partial charge on any atom is -0.481 e. The molecule has 0 spiro atoms. The third kappa shape index (κ3) is 12.0. The molecule has 0 aromatic heterocycles. The van der Waals surface area contributed by atoms with E-state index in [0.717, 1.165) is 0 Å². The summed E-state index contributed by atoms with van der Waals surface area (Å²) in [6.45, 7) is 3.62. The first-order chi connectivity index (χ1) is 17.3. The van der Waals surface area contributed by atoms with Crippen molar-refractivity contribution in [2.45, 2.75) is 70.1 Å². The van der Waals surface area contributed by atoms with Crippen molar-refractivity contribution in [1.29, 1.82) is 0 Å². The van der Waals surface area contributed by atoms with Crippen molar-refractivity contribution in [3.63, 3.8) is 0 Å². The van der Waals surface area contributed by atoms with E-state index in [0.29, 0.717) is 5.56 Å². The molecule has 13 nitrogen and oxygen atoms in total. The zero-order valence-corrected chi connectivity index (χ0v) is 20.8. The summed E-state index contributed by atoms with van der Waals surface area (Å²) < 4.78 is 0. The molecular formula is C24H35N5O8. The van der Waals surface area contributed by atoms with Crippen molar-refractivity contribution in [2.75, 3.05) is 0 Å². The molecule has 9 N–H and O–H groups in total. The molecular weight excluding hydrogens is 486 g/mol. The fourth-order valence-electron chi connectivity index (χ4n) is 3.42. The van der Waals surface area contributed by atoms with E-state index < -0.39 is 72.6 Å². The zero-order valence-electron chi connectivity index (χ0n) is 20.8. The number of aliphatic carboxylic acids is 2. The number of primary amides is 1. The van der Waals surface area contributed by atoms with Crippen LogP contribution >= 0.6 is 0 Å². The average Bonchev–Trinajstić information content (AvgIpc) is 2.80. The monoisotopic (exact) mass is 521 g/mol. The largest absolute Gasteiger partial charge is 0.481 e. The quantitative estimate of drug-likeness (QED) is 0.139. The Morgan fingerprint density at radius 3 is 1.89 bits per heavy atom. The van der Waals surface area contributed by atoms with Crippen LogP contribution in [-0.2, 0) is 35.2 Å². The summed E-state index contributed by atoms with van der Waals surface area (Å²) in [5.41, 5.74) is 11.4. The Hall–Kier alpha value is -4.00. The number of nitrogens with two attached hydrogens (primary N) is 2. The van der Waals surface area contributed by atoms with Crippen molar-refractivity contribution < 1.29 is 39.0 Å². The van der Waals surface area contributed by atoms with Crippen LogP contribution in [0.5, 0.6) is 0 Å². The van der Waals surface area contributed by atoms with Gasteiger partial charge in [0.15, 0.2) is 0 Å². The van der Waals surface area contributed by atoms with Gasteiger partial charge < -0.3 is 37.6 Å². The van der Waals surface area contributed by atoms with E-state index in [2.05, 4.69) is 16.0 Å². The van der Waals surface area contributed by atoms with Crippen molar-refractivity contribution in [2.24, 2.45) is 17.4 Å². The maximum absolute atomic E-state index is 13.2. The molecule has 37 heavy (non-hydrogen) atoms. The molecule has 1 aromatic carbocycles. The molecule has 13 heteroatoms. The Kier molecular flexibility index (Phi) is 12.7. The number of carboxylic acid groups (broad SMARTS) is 2. The highest BCUT2D eigenvalue weighted by Crippen LogP contribution is 2.09. The number of benzene rings is 1. The zero-order chi connectivity index (χ0) is 28.1. The Morgan fingerprint density at radius 2 is 1.38 bits per heavy atom. The Balaban J connectivity index is 3.12. The van der Waals surface area contributed by atoms with E-state index in [4.69, 9.17) is 16.6 Å². The molecule has 0 aliphatic rings. The smallest absolute Gasteiger partial charge is 0.326 e. The number of rotatable bonds is 16. The van der Waals surface area contributed by atoms with E-state index in [1.807, 2.05) is 13.8 Å². The maximum atomic E-state index is 13.2. The lowest BCUT2D eigenvalue weighted by atomic mass is 10.00. The average molecular weight is 522 g/mol. The molecule has 0 heterocycles. The molecule has 0 bridgehead atoms. The molecule has 4 amide bonds. The lowest BCUT2D eigenvalue weighted by Crippen LogP contribution is -2.58. The molecule has 0 aliphatic carbocycles. The Labute approximate surface area is 214 Å². The molecule has 4 unspecified atom stereocenters. The number of carbonyl (C=O) groups is 6. The van der Waals surface area contributed by atoms with Gasteiger partial charge in [0.1, 0.15) is 18.1 Å². The van der Waals surface area contributed by atoms with Gasteiger partial charge in [-0.05, 0) is 24.3 Å². The molecule has 1 aromatic rings.